The van der Waals surface area contributed by atoms with Gasteiger partial charge in [0, 0.05) is 16.7 Å². The van der Waals surface area contributed by atoms with Gasteiger partial charge >= 0.3 is 0 Å². The van der Waals surface area contributed by atoms with E-state index in [0.29, 0.717) is 13.0 Å². The van der Waals surface area contributed by atoms with Crippen LogP contribution < -0.4 is 9.64 Å². The van der Waals surface area contributed by atoms with Crippen LogP contribution in [0.5, 0.6) is 5.75 Å². The van der Waals surface area contributed by atoms with Gasteiger partial charge in [-0.3, -0.25) is 4.79 Å². The SMILES string of the molecule is CCN1C(=O)[C@H](Cc2ccccc2OC)c2cc(Br)ccc21. The molecule has 0 saturated heterocycles. The summed E-state index contributed by atoms with van der Waals surface area (Å²) < 4.78 is 6.42. The number of hydrogen-bond acceptors (Lipinski definition) is 2. The van der Waals surface area contributed by atoms with Gasteiger partial charge in [-0.1, -0.05) is 34.1 Å². The number of carbonyl (C=O) groups excluding carboxylic acids is 1. The monoisotopic (exact) mass is 359 g/mol. The van der Waals surface area contributed by atoms with E-state index in [1.165, 1.54) is 0 Å². The number of rotatable bonds is 4. The number of methoxy groups -OCH3 is 1. The highest BCUT2D eigenvalue weighted by atomic mass is 79.9. The van der Waals surface area contributed by atoms with E-state index in [4.69, 9.17) is 4.74 Å². The van der Waals surface area contributed by atoms with Gasteiger partial charge in [0.2, 0.25) is 5.91 Å². The van der Waals surface area contributed by atoms with E-state index in [0.717, 1.165) is 27.0 Å². The molecule has 1 amide bonds. The van der Waals surface area contributed by atoms with Crippen molar-refractivity contribution in [2.24, 2.45) is 0 Å². The van der Waals surface area contributed by atoms with Crippen LogP contribution in [-0.2, 0) is 11.2 Å². The zero-order chi connectivity index (χ0) is 15.7. The third-order valence-electron chi connectivity index (χ3n) is 4.15. The predicted octanol–water partition coefficient (Wildman–Crippen LogP) is 4.15. The molecule has 1 heterocycles. The molecule has 0 aliphatic carbocycles. The maximum Gasteiger partial charge on any atom is 0.234 e. The molecule has 1 atom stereocenters. The van der Waals surface area contributed by atoms with Crippen LogP contribution in [0.15, 0.2) is 46.9 Å². The number of hydrogen-bond donors (Lipinski definition) is 0. The number of ether oxygens (including phenoxy) is 1. The van der Waals surface area contributed by atoms with Crippen LogP contribution in [0.3, 0.4) is 0 Å². The number of para-hydroxylation sites is 1. The first-order chi connectivity index (χ1) is 10.7. The van der Waals surface area contributed by atoms with Crippen LogP contribution in [0.4, 0.5) is 5.69 Å². The first-order valence-electron chi connectivity index (χ1n) is 7.38. The standard InChI is InChI=1S/C18H18BrNO2/c1-3-20-16-9-8-13(19)11-14(16)15(18(20)21)10-12-6-4-5-7-17(12)22-2/h4-9,11,15H,3,10H2,1-2H3/t15-/m1/s1. The van der Waals surface area contributed by atoms with E-state index in [1.54, 1.807) is 7.11 Å². The van der Waals surface area contributed by atoms with Gasteiger partial charge in [-0.25, -0.2) is 0 Å². The van der Waals surface area contributed by atoms with Gasteiger partial charge in [0.25, 0.3) is 0 Å². The van der Waals surface area contributed by atoms with Crippen LogP contribution in [0, 0.1) is 0 Å². The zero-order valence-corrected chi connectivity index (χ0v) is 14.3. The van der Waals surface area contributed by atoms with Crippen molar-refractivity contribution in [1.29, 1.82) is 0 Å². The molecule has 22 heavy (non-hydrogen) atoms. The molecule has 114 valence electrons. The number of nitrogens with zero attached hydrogens (tertiary/aromatic N) is 1. The van der Waals surface area contributed by atoms with Crippen molar-refractivity contribution in [3.05, 3.63) is 58.1 Å². The summed E-state index contributed by atoms with van der Waals surface area (Å²) in [5, 5.41) is 0. The molecule has 0 N–H and O–H groups in total. The summed E-state index contributed by atoms with van der Waals surface area (Å²) in [7, 11) is 1.66. The predicted molar refractivity (Wildman–Crippen MR) is 91.6 cm³/mol. The maximum atomic E-state index is 12.8. The van der Waals surface area contributed by atoms with Crippen LogP contribution in [-0.4, -0.2) is 19.6 Å². The minimum atomic E-state index is -0.149. The second-order valence-corrected chi connectivity index (χ2v) is 6.27. The summed E-state index contributed by atoms with van der Waals surface area (Å²) in [4.78, 5) is 14.6. The quantitative estimate of drug-likeness (QED) is 0.820. The smallest absolute Gasteiger partial charge is 0.234 e. The number of likely N-dealkylation sites (N-methyl/N-ethyl adjacent to an activating group) is 1. The highest BCUT2D eigenvalue weighted by molar-refractivity contribution is 9.10. The zero-order valence-electron chi connectivity index (χ0n) is 12.7. The molecule has 3 rings (SSSR count). The van der Waals surface area contributed by atoms with Crippen molar-refractivity contribution in [3.8, 4) is 5.75 Å². The lowest BCUT2D eigenvalue weighted by molar-refractivity contribution is -0.119. The fourth-order valence-corrected chi connectivity index (χ4v) is 3.48. The Morgan fingerprint density at radius 3 is 2.73 bits per heavy atom. The summed E-state index contributed by atoms with van der Waals surface area (Å²) >= 11 is 3.51. The molecule has 0 bridgehead atoms. The number of fused-ring (bicyclic) bond motifs is 1. The normalized spacial score (nSPS) is 16.8. The molecule has 0 spiro atoms. The van der Waals surface area contributed by atoms with Crippen molar-refractivity contribution < 1.29 is 9.53 Å². The Morgan fingerprint density at radius 2 is 2.00 bits per heavy atom. The van der Waals surface area contributed by atoms with Gasteiger partial charge in [-0.2, -0.15) is 0 Å². The Labute approximate surface area is 139 Å². The average Bonchev–Trinajstić information content (AvgIpc) is 2.79. The van der Waals surface area contributed by atoms with Crippen molar-refractivity contribution in [2.75, 3.05) is 18.6 Å². The van der Waals surface area contributed by atoms with Crippen molar-refractivity contribution in [1.82, 2.24) is 0 Å². The Hall–Kier alpha value is -1.81. The Kier molecular flexibility index (Phi) is 4.21. The Bertz CT molecular complexity index is 714. The number of amides is 1. The summed E-state index contributed by atoms with van der Waals surface area (Å²) in [6.07, 6.45) is 0.656. The summed E-state index contributed by atoms with van der Waals surface area (Å²) in [5.74, 6) is 0.854. The van der Waals surface area contributed by atoms with E-state index in [9.17, 15) is 4.79 Å². The van der Waals surface area contributed by atoms with Crippen molar-refractivity contribution >= 4 is 27.5 Å². The van der Waals surface area contributed by atoms with Gasteiger partial charge < -0.3 is 9.64 Å². The average molecular weight is 360 g/mol. The number of carbonyl (C=O) groups is 1. The third-order valence-corrected chi connectivity index (χ3v) is 4.65. The van der Waals surface area contributed by atoms with Crippen molar-refractivity contribution in [2.45, 2.75) is 19.3 Å². The summed E-state index contributed by atoms with van der Waals surface area (Å²) in [5.41, 5.74) is 3.18. The highest BCUT2D eigenvalue weighted by Gasteiger charge is 2.36. The largest absolute Gasteiger partial charge is 0.496 e. The van der Waals surface area contributed by atoms with Gasteiger partial charge in [0.05, 0.1) is 13.0 Å². The fraction of sp³-hybridized carbons (Fsp3) is 0.278. The molecule has 4 heteroatoms. The van der Waals surface area contributed by atoms with E-state index in [-0.39, 0.29) is 11.8 Å². The molecule has 2 aromatic rings. The maximum absolute atomic E-state index is 12.8. The van der Waals surface area contributed by atoms with Gasteiger partial charge in [-0.15, -0.1) is 0 Å². The van der Waals surface area contributed by atoms with Crippen LogP contribution in [0.1, 0.15) is 24.0 Å². The fourth-order valence-electron chi connectivity index (χ4n) is 3.11. The topological polar surface area (TPSA) is 29.5 Å². The van der Waals surface area contributed by atoms with Crippen LogP contribution in [0.25, 0.3) is 0 Å². The lowest BCUT2D eigenvalue weighted by Crippen LogP contribution is -2.29. The number of anilines is 1. The third kappa shape index (κ3) is 2.52. The molecule has 0 saturated carbocycles. The molecule has 0 fully saturated rings. The van der Waals surface area contributed by atoms with E-state index >= 15 is 0 Å². The van der Waals surface area contributed by atoms with Gasteiger partial charge in [-0.05, 0) is 48.7 Å². The second kappa shape index (κ2) is 6.13. The van der Waals surface area contributed by atoms with E-state index in [2.05, 4.69) is 22.0 Å². The van der Waals surface area contributed by atoms with Crippen LogP contribution in [0.2, 0.25) is 0 Å². The molecular formula is C18H18BrNO2. The second-order valence-electron chi connectivity index (χ2n) is 5.35. The Morgan fingerprint density at radius 1 is 1.23 bits per heavy atom. The number of halogens is 1. The van der Waals surface area contributed by atoms with Crippen molar-refractivity contribution in [3.63, 3.8) is 0 Å². The molecule has 0 aromatic heterocycles. The minimum absolute atomic E-state index is 0.149. The first-order valence-corrected chi connectivity index (χ1v) is 8.17. The lowest BCUT2D eigenvalue weighted by atomic mass is 9.93. The molecule has 2 aromatic carbocycles. The molecule has 1 aliphatic heterocycles. The molecule has 0 radical (unpaired) electrons. The first kappa shape index (κ1) is 15.1. The lowest BCUT2D eigenvalue weighted by Gasteiger charge is -2.16. The van der Waals surface area contributed by atoms with E-state index < -0.39 is 0 Å². The number of benzene rings is 2. The highest BCUT2D eigenvalue weighted by Crippen LogP contribution is 2.41. The van der Waals surface area contributed by atoms with Gasteiger partial charge in [0.1, 0.15) is 5.75 Å². The molecule has 1 aliphatic rings. The molecule has 0 unspecified atom stereocenters. The van der Waals surface area contributed by atoms with Crippen LogP contribution >= 0.6 is 15.9 Å². The van der Waals surface area contributed by atoms with E-state index in [1.807, 2.05) is 48.2 Å². The summed E-state index contributed by atoms with van der Waals surface area (Å²) in [6, 6.07) is 14.0. The molecule has 3 nitrogen and oxygen atoms in total. The molecular weight excluding hydrogens is 342 g/mol. The summed E-state index contributed by atoms with van der Waals surface area (Å²) in [6.45, 7) is 2.70. The van der Waals surface area contributed by atoms with Gasteiger partial charge in [0.15, 0.2) is 0 Å². The Balaban J connectivity index is 2.01. The minimum Gasteiger partial charge on any atom is -0.496 e.